The summed E-state index contributed by atoms with van der Waals surface area (Å²) in [6.45, 7) is 1.99. The van der Waals surface area contributed by atoms with Gasteiger partial charge in [0.15, 0.2) is 0 Å². The number of hydrogen-bond acceptors (Lipinski definition) is 3. The second kappa shape index (κ2) is 5.36. The van der Waals surface area contributed by atoms with Crippen LogP contribution in [0.3, 0.4) is 0 Å². The molecule has 0 unspecified atom stereocenters. The van der Waals surface area contributed by atoms with Crippen LogP contribution in [0.4, 0.5) is 0 Å². The first kappa shape index (κ1) is 10.7. The quantitative estimate of drug-likeness (QED) is 0.486. The van der Waals surface area contributed by atoms with Gasteiger partial charge in [-0.05, 0) is 30.2 Å². The van der Waals surface area contributed by atoms with E-state index in [-0.39, 0.29) is 5.97 Å². The first-order chi connectivity index (χ1) is 6.72. The number of ether oxygens (including phenoxy) is 1. The Morgan fingerprint density at radius 3 is 2.86 bits per heavy atom. The molecule has 2 nitrogen and oxygen atoms in total. The number of carbonyl (C=O) groups is 1. The van der Waals surface area contributed by atoms with E-state index >= 15 is 0 Å². The Hall–Kier alpha value is -1.40. The number of thioether (sulfide) groups is 1. The Kier molecular flexibility index (Phi) is 4.09. The van der Waals surface area contributed by atoms with E-state index in [1.807, 2.05) is 19.3 Å². The predicted octanol–water partition coefficient (Wildman–Crippen LogP) is 2.25. The van der Waals surface area contributed by atoms with Crippen molar-refractivity contribution in [2.45, 2.75) is 6.92 Å². The third kappa shape index (κ3) is 3.55. The normalized spacial score (nSPS) is 18.0. The molecule has 1 aliphatic heterocycles. The molecule has 3 heteroatoms. The third-order valence-corrected chi connectivity index (χ3v) is 2.26. The molecule has 0 spiro atoms. The Morgan fingerprint density at radius 1 is 1.50 bits per heavy atom. The minimum Gasteiger partial charge on any atom is -0.423 e. The number of rotatable bonds is 1. The number of carbonyl (C=O) groups excluding carboxylic acids is 1. The Balaban J connectivity index is 2.55. The SMILES string of the molecule is CS/C(C)=C/C#C/C=C1\C=CC(=O)O1. The fourth-order valence-corrected chi connectivity index (χ4v) is 0.904. The van der Waals surface area contributed by atoms with E-state index in [1.165, 1.54) is 6.08 Å². The monoisotopic (exact) mass is 206 g/mol. The fourth-order valence-electron chi connectivity index (χ4n) is 0.727. The van der Waals surface area contributed by atoms with Gasteiger partial charge in [-0.3, -0.25) is 0 Å². The number of hydrogen-bond donors (Lipinski definition) is 0. The van der Waals surface area contributed by atoms with E-state index in [0.29, 0.717) is 5.76 Å². The van der Waals surface area contributed by atoms with Crippen molar-refractivity contribution in [3.05, 3.63) is 35.0 Å². The van der Waals surface area contributed by atoms with Gasteiger partial charge in [0, 0.05) is 12.2 Å². The van der Waals surface area contributed by atoms with Crippen LogP contribution >= 0.6 is 11.8 Å². The molecule has 0 N–H and O–H groups in total. The standard InChI is InChI=1S/C11H10O2S/c1-9(14-2)5-3-4-6-10-7-8-11(12)13-10/h5-8H,1-2H3/b9-5+,10-6+. The lowest BCUT2D eigenvalue weighted by atomic mass is 10.4. The average Bonchev–Trinajstić information content (AvgIpc) is 2.58. The molecule has 0 saturated carbocycles. The highest BCUT2D eigenvalue weighted by Crippen LogP contribution is 2.09. The smallest absolute Gasteiger partial charge is 0.336 e. The summed E-state index contributed by atoms with van der Waals surface area (Å²) in [5.41, 5.74) is 0. The van der Waals surface area contributed by atoms with E-state index < -0.39 is 0 Å². The second-order valence-corrected chi connectivity index (χ2v) is 3.60. The van der Waals surface area contributed by atoms with Crippen molar-refractivity contribution in [2.24, 2.45) is 0 Å². The van der Waals surface area contributed by atoms with Gasteiger partial charge in [0.05, 0.1) is 0 Å². The van der Waals surface area contributed by atoms with Gasteiger partial charge in [-0.25, -0.2) is 4.79 Å². The molecule has 0 radical (unpaired) electrons. The summed E-state index contributed by atoms with van der Waals surface area (Å²) in [6.07, 6.45) is 8.36. The van der Waals surface area contributed by atoms with Crippen LogP contribution in [0.25, 0.3) is 0 Å². The predicted molar refractivity (Wildman–Crippen MR) is 58.4 cm³/mol. The molecule has 0 aromatic heterocycles. The first-order valence-electron chi connectivity index (χ1n) is 4.04. The maximum atomic E-state index is 10.6. The van der Waals surface area contributed by atoms with Gasteiger partial charge >= 0.3 is 5.97 Å². The summed E-state index contributed by atoms with van der Waals surface area (Å²) in [7, 11) is 0. The van der Waals surface area contributed by atoms with Gasteiger partial charge in [-0.15, -0.1) is 11.8 Å². The topological polar surface area (TPSA) is 26.3 Å². The van der Waals surface area contributed by atoms with Crippen LogP contribution in [-0.2, 0) is 9.53 Å². The molecule has 72 valence electrons. The third-order valence-electron chi connectivity index (χ3n) is 1.50. The van der Waals surface area contributed by atoms with Crippen molar-refractivity contribution in [1.82, 2.24) is 0 Å². The van der Waals surface area contributed by atoms with Crippen LogP contribution in [-0.4, -0.2) is 12.2 Å². The summed E-state index contributed by atoms with van der Waals surface area (Å²) in [5.74, 6) is 5.79. The molecule has 0 aliphatic carbocycles. The van der Waals surface area contributed by atoms with Crippen LogP contribution in [0.2, 0.25) is 0 Å². The summed E-state index contributed by atoms with van der Waals surface area (Å²) < 4.78 is 4.78. The highest BCUT2D eigenvalue weighted by Gasteiger charge is 2.07. The highest BCUT2D eigenvalue weighted by molar-refractivity contribution is 8.02. The summed E-state index contributed by atoms with van der Waals surface area (Å²) >= 11 is 1.65. The van der Waals surface area contributed by atoms with Gasteiger partial charge in [0.2, 0.25) is 0 Å². The van der Waals surface area contributed by atoms with Crippen LogP contribution < -0.4 is 0 Å². The maximum Gasteiger partial charge on any atom is 0.336 e. The van der Waals surface area contributed by atoms with Gasteiger partial charge in [-0.1, -0.05) is 11.8 Å². The number of cyclic esters (lactones) is 1. The summed E-state index contributed by atoms with van der Waals surface area (Å²) in [6, 6.07) is 0. The van der Waals surface area contributed by atoms with Crippen molar-refractivity contribution >= 4 is 17.7 Å². The second-order valence-electron chi connectivity index (χ2n) is 2.55. The number of esters is 1. The molecule has 1 heterocycles. The Labute approximate surface area is 87.7 Å². The van der Waals surface area contributed by atoms with Gasteiger partial charge < -0.3 is 4.74 Å². The van der Waals surface area contributed by atoms with Crippen molar-refractivity contribution in [3.8, 4) is 11.8 Å². The fraction of sp³-hybridized carbons (Fsp3) is 0.182. The lowest BCUT2D eigenvalue weighted by Gasteiger charge is -1.89. The molecule has 0 atom stereocenters. The van der Waals surface area contributed by atoms with Gasteiger partial charge in [0.25, 0.3) is 0 Å². The molecule has 1 aliphatic rings. The molecule has 14 heavy (non-hydrogen) atoms. The van der Waals surface area contributed by atoms with Crippen molar-refractivity contribution in [3.63, 3.8) is 0 Å². The molecular weight excluding hydrogens is 196 g/mol. The van der Waals surface area contributed by atoms with Crippen LogP contribution in [0.5, 0.6) is 0 Å². The van der Waals surface area contributed by atoms with E-state index in [4.69, 9.17) is 4.74 Å². The lowest BCUT2D eigenvalue weighted by Crippen LogP contribution is -1.89. The summed E-state index contributed by atoms with van der Waals surface area (Å²) in [4.78, 5) is 11.8. The minimum absolute atomic E-state index is 0.339. The molecule has 1 rings (SSSR count). The molecule has 0 fully saturated rings. The minimum atomic E-state index is -0.339. The molecule has 0 bridgehead atoms. The van der Waals surface area contributed by atoms with E-state index in [1.54, 1.807) is 23.9 Å². The zero-order valence-electron chi connectivity index (χ0n) is 8.03. The van der Waals surface area contributed by atoms with Gasteiger partial charge in [0.1, 0.15) is 5.76 Å². The van der Waals surface area contributed by atoms with E-state index in [9.17, 15) is 4.79 Å². The van der Waals surface area contributed by atoms with Crippen LogP contribution in [0, 0.1) is 11.8 Å². The van der Waals surface area contributed by atoms with Gasteiger partial charge in [-0.2, -0.15) is 0 Å². The zero-order valence-corrected chi connectivity index (χ0v) is 8.85. The van der Waals surface area contributed by atoms with Crippen LogP contribution in [0.1, 0.15) is 6.92 Å². The zero-order chi connectivity index (χ0) is 10.4. The first-order valence-corrected chi connectivity index (χ1v) is 5.26. The summed E-state index contributed by atoms with van der Waals surface area (Å²) in [5, 5.41) is 0. The molecular formula is C11H10O2S. The highest BCUT2D eigenvalue weighted by atomic mass is 32.2. The largest absolute Gasteiger partial charge is 0.423 e. The average molecular weight is 206 g/mol. The maximum absolute atomic E-state index is 10.6. The molecule has 0 amide bonds. The molecule has 0 aromatic carbocycles. The Morgan fingerprint density at radius 2 is 2.29 bits per heavy atom. The molecule has 0 saturated heterocycles. The lowest BCUT2D eigenvalue weighted by molar-refractivity contribution is -0.132. The van der Waals surface area contributed by atoms with Crippen LogP contribution in [0.15, 0.2) is 35.0 Å². The van der Waals surface area contributed by atoms with Crippen molar-refractivity contribution in [1.29, 1.82) is 0 Å². The number of allylic oxidation sites excluding steroid dienone is 4. The van der Waals surface area contributed by atoms with Crippen molar-refractivity contribution < 1.29 is 9.53 Å². The van der Waals surface area contributed by atoms with E-state index in [0.717, 1.165) is 4.91 Å². The van der Waals surface area contributed by atoms with Crippen molar-refractivity contribution in [2.75, 3.05) is 6.26 Å². The van der Waals surface area contributed by atoms with E-state index in [2.05, 4.69) is 11.8 Å². The molecule has 0 aromatic rings. The Bertz CT molecular complexity index is 378.